The number of nitrogens with zero attached hydrogens (tertiary/aromatic N) is 5. The SMILES string of the molecule is Cc1nnc2c(Oc3ccc(NC(=O)c4cc(-c5cccs5)no4)cc3F)nccn12. The Balaban J connectivity index is 1.33. The Labute approximate surface area is 178 Å². The number of benzene rings is 1. The van der Waals surface area contributed by atoms with Gasteiger partial charge in [-0.25, -0.2) is 9.37 Å². The van der Waals surface area contributed by atoms with Crippen LogP contribution in [0.15, 0.2) is 58.7 Å². The lowest BCUT2D eigenvalue weighted by atomic mass is 10.2. The molecule has 0 aliphatic rings. The van der Waals surface area contributed by atoms with E-state index in [4.69, 9.17) is 9.26 Å². The second-order valence-electron chi connectivity index (χ2n) is 6.43. The van der Waals surface area contributed by atoms with Crippen molar-refractivity contribution in [3.8, 4) is 22.2 Å². The van der Waals surface area contributed by atoms with Crippen LogP contribution in [0.1, 0.15) is 16.4 Å². The first-order valence-corrected chi connectivity index (χ1v) is 9.92. The van der Waals surface area contributed by atoms with Gasteiger partial charge in [0.2, 0.25) is 11.4 Å². The van der Waals surface area contributed by atoms with Crippen molar-refractivity contribution in [1.82, 2.24) is 24.7 Å². The Hall–Kier alpha value is -4.12. The fourth-order valence-electron chi connectivity index (χ4n) is 2.87. The van der Waals surface area contributed by atoms with Crippen molar-refractivity contribution in [2.45, 2.75) is 6.92 Å². The van der Waals surface area contributed by atoms with Crippen molar-refractivity contribution in [2.24, 2.45) is 0 Å². The summed E-state index contributed by atoms with van der Waals surface area (Å²) < 4.78 is 27.0. The maximum atomic E-state index is 14.6. The van der Waals surface area contributed by atoms with Gasteiger partial charge in [-0.15, -0.1) is 21.5 Å². The van der Waals surface area contributed by atoms with Crippen molar-refractivity contribution < 1.29 is 18.4 Å². The monoisotopic (exact) mass is 436 g/mol. The Morgan fingerprint density at radius 3 is 2.97 bits per heavy atom. The van der Waals surface area contributed by atoms with Gasteiger partial charge in [-0.1, -0.05) is 11.2 Å². The number of hydrogen-bond acceptors (Lipinski definition) is 8. The summed E-state index contributed by atoms with van der Waals surface area (Å²) in [7, 11) is 0. The predicted molar refractivity (Wildman–Crippen MR) is 110 cm³/mol. The van der Waals surface area contributed by atoms with E-state index in [0.717, 1.165) is 10.9 Å². The smallest absolute Gasteiger partial charge is 0.294 e. The Morgan fingerprint density at radius 2 is 2.16 bits per heavy atom. The van der Waals surface area contributed by atoms with Gasteiger partial charge in [0.05, 0.1) is 4.88 Å². The lowest BCUT2D eigenvalue weighted by molar-refractivity contribution is 0.0988. The molecule has 4 aromatic heterocycles. The van der Waals surface area contributed by atoms with Crippen molar-refractivity contribution in [3.63, 3.8) is 0 Å². The Morgan fingerprint density at radius 1 is 1.26 bits per heavy atom. The lowest BCUT2D eigenvalue weighted by Gasteiger charge is -2.08. The first-order chi connectivity index (χ1) is 15.1. The summed E-state index contributed by atoms with van der Waals surface area (Å²) in [4.78, 5) is 17.4. The molecule has 0 aliphatic carbocycles. The molecule has 0 aliphatic heterocycles. The molecular formula is C20H13FN6O3S. The molecule has 4 heterocycles. The first-order valence-electron chi connectivity index (χ1n) is 9.04. The highest BCUT2D eigenvalue weighted by molar-refractivity contribution is 7.13. The number of fused-ring (bicyclic) bond motifs is 1. The number of rotatable bonds is 5. The van der Waals surface area contributed by atoms with Crippen LogP contribution in [0.4, 0.5) is 10.1 Å². The predicted octanol–water partition coefficient (Wildman–Crippen LogP) is 4.33. The molecule has 11 heteroatoms. The lowest BCUT2D eigenvalue weighted by Crippen LogP contribution is -2.11. The quantitative estimate of drug-likeness (QED) is 0.437. The standard InChI is InChI=1S/C20H13FN6O3S/c1-11-24-25-18-20(22-6-7-27(11)18)29-15-5-4-12(9-13(15)21)23-19(28)16-10-14(26-30-16)17-3-2-8-31-17/h2-10H,1H3,(H,23,28). The third kappa shape index (κ3) is 3.62. The Bertz CT molecular complexity index is 1400. The van der Waals surface area contributed by atoms with Crippen LogP contribution in [0.3, 0.4) is 0 Å². The molecule has 0 fully saturated rings. The topological polar surface area (TPSA) is 107 Å². The highest BCUT2D eigenvalue weighted by Crippen LogP contribution is 2.28. The number of nitrogens with one attached hydrogen (secondary N) is 1. The zero-order valence-corrected chi connectivity index (χ0v) is 16.8. The summed E-state index contributed by atoms with van der Waals surface area (Å²) >= 11 is 1.48. The molecule has 0 saturated carbocycles. The molecule has 0 bridgehead atoms. The van der Waals surface area contributed by atoms with E-state index in [2.05, 4.69) is 25.7 Å². The maximum Gasteiger partial charge on any atom is 0.294 e. The molecule has 1 N–H and O–H groups in total. The van der Waals surface area contributed by atoms with Crippen LogP contribution in [-0.4, -0.2) is 30.6 Å². The molecule has 5 rings (SSSR count). The minimum Gasteiger partial charge on any atom is -0.433 e. The van der Waals surface area contributed by atoms with E-state index in [0.29, 0.717) is 17.2 Å². The fraction of sp³-hybridized carbons (Fsp3) is 0.0500. The summed E-state index contributed by atoms with van der Waals surface area (Å²) in [6, 6.07) is 9.30. The molecule has 1 amide bonds. The number of carbonyl (C=O) groups excluding carboxylic acids is 1. The number of ether oxygens (including phenoxy) is 1. The summed E-state index contributed by atoms with van der Waals surface area (Å²) in [6.45, 7) is 1.78. The molecular weight excluding hydrogens is 423 g/mol. The van der Waals surface area contributed by atoms with E-state index in [1.54, 1.807) is 17.5 Å². The zero-order valence-electron chi connectivity index (χ0n) is 15.9. The van der Waals surface area contributed by atoms with Crippen molar-refractivity contribution >= 4 is 28.6 Å². The van der Waals surface area contributed by atoms with E-state index < -0.39 is 11.7 Å². The van der Waals surface area contributed by atoms with Crippen molar-refractivity contribution in [2.75, 3.05) is 5.32 Å². The van der Waals surface area contributed by atoms with Crippen LogP contribution in [0, 0.1) is 12.7 Å². The maximum absolute atomic E-state index is 14.6. The van der Waals surface area contributed by atoms with Crippen LogP contribution in [0.25, 0.3) is 16.2 Å². The molecule has 0 radical (unpaired) electrons. The molecule has 5 aromatic rings. The molecule has 0 atom stereocenters. The summed E-state index contributed by atoms with van der Waals surface area (Å²) in [5.41, 5.74) is 1.15. The average Bonchev–Trinajstić information content (AvgIpc) is 3.51. The van der Waals surface area contributed by atoms with Gasteiger partial charge in [0.15, 0.2) is 11.6 Å². The number of halogens is 1. The van der Waals surface area contributed by atoms with Gasteiger partial charge in [0.25, 0.3) is 11.8 Å². The van der Waals surface area contributed by atoms with Crippen LogP contribution in [0.5, 0.6) is 11.6 Å². The van der Waals surface area contributed by atoms with Gasteiger partial charge in [-0.3, -0.25) is 9.20 Å². The molecule has 0 saturated heterocycles. The van der Waals surface area contributed by atoms with E-state index in [9.17, 15) is 9.18 Å². The van der Waals surface area contributed by atoms with E-state index in [1.165, 1.54) is 35.7 Å². The van der Waals surface area contributed by atoms with Crippen LogP contribution in [0.2, 0.25) is 0 Å². The van der Waals surface area contributed by atoms with Crippen LogP contribution >= 0.6 is 11.3 Å². The Kier molecular flexibility index (Phi) is 4.64. The summed E-state index contributed by atoms with van der Waals surface area (Å²) in [6.07, 6.45) is 3.19. The zero-order chi connectivity index (χ0) is 21.4. The van der Waals surface area contributed by atoms with Gasteiger partial charge in [-0.2, -0.15) is 0 Å². The van der Waals surface area contributed by atoms with Gasteiger partial charge < -0.3 is 14.6 Å². The van der Waals surface area contributed by atoms with Crippen LogP contribution in [-0.2, 0) is 0 Å². The first kappa shape index (κ1) is 18.9. The van der Waals surface area contributed by atoms with Gasteiger partial charge in [0, 0.05) is 30.2 Å². The largest absolute Gasteiger partial charge is 0.433 e. The number of carbonyl (C=O) groups is 1. The van der Waals surface area contributed by atoms with Crippen molar-refractivity contribution in [3.05, 3.63) is 71.6 Å². The molecule has 154 valence electrons. The highest BCUT2D eigenvalue weighted by atomic mass is 32.1. The molecule has 0 spiro atoms. The van der Waals surface area contributed by atoms with Gasteiger partial charge >= 0.3 is 0 Å². The van der Waals surface area contributed by atoms with E-state index in [-0.39, 0.29) is 23.1 Å². The highest BCUT2D eigenvalue weighted by Gasteiger charge is 2.17. The number of aromatic nitrogens is 5. The normalized spacial score (nSPS) is 11.0. The minimum absolute atomic E-state index is 0.0159. The second-order valence-corrected chi connectivity index (χ2v) is 7.38. The number of aryl methyl sites for hydroxylation is 1. The van der Waals surface area contributed by atoms with E-state index >= 15 is 0 Å². The average molecular weight is 436 g/mol. The number of thiophene rings is 1. The van der Waals surface area contributed by atoms with Gasteiger partial charge in [0.1, 0.15) is 11.5 Å². The van der Waals surface area contributed by atoms with Crippen LogP contribution < -0.4 is 10.1 Å². The third-order valence-corrected chi connectivity index (χ3v) is 5.26. The fourth-order valence-corrected chi connectivity index (χ4v) is 3.55. The number of hydrogen-bond donors (Lipinski definition) is 1. The number of anilines is 1. The molecule has 0 unspecified atom stereocenters. The molecule has 1 aromatic carbocycles. The van der Waals surface area contributed by atoms with Crippen molar-refractivity contribution in [1.29, 1.82) is 0 Å². The summed E-state index contributed by atoms with van der Waals surface area (Å²) in [5, 5.41) is 16.3. The van der Waals surface area contributed by atoms with E-state index in [1.807, 2.05) is 17.5 Å². The minimum atomic E-state index is -0.685. The summed E-state index contributed by atoms with van der Waals surface area (Å²) in [5.74, 6) is -0.526. The second kappa shape index (κ2) is 7.61. The number of amides is 1. The third-order valence-electron chi connectivity index (χ3n) is 4.37. The molecule has 31 heavy (non-hydrogen) atoms. The van der Waals surface area contributed by atoms with Gasteiger partial charge in [-0.05, 0) is 30.5 Å². The molecule has 9 nitrogen and oxygen atoms in total.